The van der Waals surface area contributed by atoms with Crippen molar-refractivity contribution < 1.29 is 38.1 Å². The molecule has 0 radical (unpaired) electrons. The number of nitrogen functional groups attached to an aromatic ring is 2. The van der Waals surface area contributed by atoms with Crippen LogP contribution in [0.1, 0.15) is 62.5 Å². The zero-order chi connectivity index (χ0) is 31.5. The van der Waals surface area contributed by atoms with Crippen molar-refractivity contribution in [2.24, 2.45) is 11.5 Å². The third kappa shape index (κ3) is 15.6. The predicted octanol–water partition coefficient (Wildman–Crippen LogP) is 2.54. The lowest BCUT2D eigenvalue weighted by molar-refractivity contribution is -0.167. The Morgan fingerprint density at radius 1 is 0.535 bits per heavy atom. The largest absolute Gasteiger partial charge is 0.465 e. The zero-order valence-electron chi connectivity index (χ0n) is 24.5. The van der Waals surface area contributed by atoms with E-state index in [1.807, 2.05) is 24.3 Å². The number of anilines is 2. The van der Waals surface area contributed by atoms with Crippen LogP contribution < -0.4 is 22.9 Å². The van der Waals surface area contributed by atoms with E-state index in [9.17, 15) is 19.2 Å². The Labute approximate surface area is 252 Å². The Hall–Kier alpha value is -4.16. The molecule has 0 aromatic heterocycles. The first-order chi connectivity index (χ1) is 20.6. The number of esters is 4. The molecule has 2 aromatic rings. The third-order valence-electron chi connectivity index (χ3n) is 6.46. The minimum absolute atomic E-state index is 0.157. The van der Waals surface area contributed by atoms with Gasteiger partial charge < -0.3 is 41.9 Å². The zero-order valence-corrected chi connectivity index (χ0v) is 24.5. The average molecular weight is 601 g/mol. The fraction of sp³-hybridized carbons (Fsp3) is 0.484. The minimum atomic E-state index is -0.762. The molecule has 0 amide bonds. The molecule has 0 saturated carbocycles. The summed E-state index contributed by atoms with van der Waals surface area (Å²) < 4.78 is 20.3. The van der Waals surface area contributed by atoms with E-state index >= 15 is 0 Å². The molecule has 0 saturated heterocycles. The maximum Gasteiger partial charge on any atom is 0.323 e. The first kappa shape index (κ1) is 35.0. The lowest BCUT2D eigenvalue weighted by Crippen LogP contribution is -2.34. The van der Waals surface area contributed by atoms with E-state index in [0.29, 0.717) is 62.7 Å². The third-order valence-corrected chi connectivity index (χ3v) is 6.46. The molecule has 0 aliphatic carbocycles. The van der Waals surface area contributed by atoms with Crippen molar-refractivity contribution in [3.8, 4) is 0 Å². The van der Waals surface area contributed by atoms with Crippen LogP contribution in [-0.2, 0) is 51.0 Å². The number of hydrogen-bond donors (Lipinski definition) is 4. The van der Waals surface area contributed by atoms with Gasteiger partial charge in [-0.1, -0.05) is 24.3 Å². The molecule has 43 heavy (non-hydrogen) atoms. The van der Waals surface area contributed by atoms with Crippen molar-refractivity contribution in [1.29, 1.82) is 0 Å². The standard InChI is InChI=1S/C31H44N4O8/c32-24-13-9-22(10-14-24)19-26(34)30(38)40-17-5-1-3-7-28(36)42-21-43-29(37)8-4-2-6-18-41-31(39)27(35)20-23-11-15-25(33)16-12-23/h9-16,26-27H,1-8,17-21,32-35H2. The van der Waals surface area contributed by atoms with Crippen LogP contribution in [0.15, 0.2) is 48.5 Å². The molecule has 0 heterocycles. The van der Waals surface area contributed by atoms with Gasteiger partial charge in [-0.15, -0.1) is 0 Å². The fourth-order valence-electron chi connectivity index (χ4n) is 3.94. The SMILES string of the molecule is Nc1ccc(CC(N)C(=O)OCCCCCC(=O)OCOC(=O)CCCCCOC(=O)C(N)Cc2ccc(N)cc2)cc1. The quantitative estimate of drug-likeness (QED) is 0.0568. The number of carbonyl (C=O) groups is 4. The summed E-state index contributed by atoms with van der Waals surface area (Å²) in [5.74, 6) is -1.92. The van der Waals surface area contributed by atoms with E-state index in [-0.39, 0.29) is 26.1 Å². The maximum absolute atomic E-state index is 12.0. The van der Waals surface area contributed by atoms with Gasteiger partial charge in [-0.2, -0.15) is 0 Å². The van der Waals surface area contributed by atoms with Crippen LogP contribution in [0.5, 0.6) is 0 Å². The van der Waals surface area contributed by atoms with E-state index in [2.05, 4.69) is 0 Å². The van der Waals surface area contributed by atoms with Crippen LogP contribution >= 0.6 is 0 Å². The van der Waals surface area contributed by atoms with Gasteiger partial charge in [0.15, 0.2) is 0 Å². The summed E-state index contributed by atoms with van der Waals surface area (Å²) in [4.78, 5) is 47.7. The van der Waals surface area contributed by atoms with Crippen molar-refractivity contribution >= 4 is 35.3 Å². The first-order valence-corrected chi connectivity index (χ1v) is 14.5. The Bertz CT molecular complexity index is 1050. The highest BCUT2D eigenvalue weighted by Crippen LogP contribution is 2.10. The second kappa shape index (κ2) is 19.9. The van der Waals surface area contributed by atoms with Gasteiger partial charge in [0.2, 0.25) is 6.79 Å². The summed E-state index contributed by atoms with van der Waals surface area (Å²) >= 11 is 0. The number of carbonyl (C=O) groups excluding carboxylic acids is 4. The van der Waals surface area contributed by atoms with Crippen LogP contribution in [0.2, 0.25) is 0 Å². The van der Waals surface area contributed by atoms with Gasteiger partial charge in [-0.05, 0) is 86.8 Å². The number of unbranched alkanes of at least 4 members (excludes halogenated alkanes) is 4. The normalized spacial score (nSPS) is 12.1. The molecule has 2 aromatic carbocycles. The molecule has 8 N–H and O–H groups in total. The molecule has 12 heteroatoms. The smallest absolute Gasteiger partial charge is 0.323 e. The van der Waals surface area contributed by atoms with E-state index in [1.165, 1.54) is 0 Å². The molecule has 2 atom stereocenters. The van der Waals surface area contributed by atoms with Crippen LogP contribution in [0.25, 0.3) is 0 Å². The lowest BCUT2D eigenvalue weighted by Gasteiger charge is -2.12. The Morgan fingerprint density at radius 3 is 1.28 bits per heavy atom. The first-order valence-electron chi connectivity index (χ1n) is 14.5. The summed E-state index contributed by atoms with van der Waals surface area (Å²) in [6.07, 6.45) is 4.58. The van der Waals surface area contributed by atoms with Crippen molar-refractivity contribution in [2.75, 3.05) is 31.5 Å². The van der Waals surface area contributed by atoms with Crippen LogP contribution in [-0.4, -0.2) is 56.0 Å². The van der Waals surface area contributed by atoms with E-state index in [1.54, 1.807) is 24.3 Å². The van der Waals surface area contributed by atoms with Gasteiger partial charge in [0.1, 0.15) is 12.1 Å². The van der Waals surface area contributed by atoms with Gasteiger partial charge in [0, 0.05) is 24.2 Å². The van der Waals surface area contributed by atoms with Crippen molar-refractivity contribution in [3.05, 3.63) is 59.7 Å². The monoisotopic (exact) mass is 600 g/mol. The summed E-state index contributed by atoms with van der Waals surface area (Å²) in [5.41, 5.74) is 26.2. The number of rotatable bonds is 20. The van der Waals surface area contributed by atoms with Gasteiger partial charge in [-0.3, -0.25) is 19.2 Å². The van der Waals surface area contributed by atoms with E-state index < -0.39 is 42.8 Å². The van der Waals surface area contributed by atoms with Crippen LogP contribution in [0, 0.1) is 0 Å². The molecule has 0 bridgehead atoms. The topological polar surface area (TPSA) is 209 Å². The van der Waals surface area contributed by atoms with Crippen molar-refractivity contribution in [2.45, 2.75) is 76.3 Å². The number of benzene rings is 2. The summed E-state index contributed by atoms with van der Waals surface area (Å²) in [5, 5.41) is 0. The van der Waals surface area contributed by atoms with Crippen LogP contribution in [0.3, 0.4) is 0 Å². The highest BCUT2D eigenvalue weighted by Gasteiger charge is 2.17. The predicted molar refractivity (Wildman–Crippen MR) is 161 cm³/mol. The second-order valence-electron chi connectivity index (χ2n) is 10.2. The second-order valence-corrected chi connectivity index (χ2v) is 10.2. The molecule has 0 aliphatic heterocycles. The molecule has 2 unspecified atom stereocenters. The average Bonchev–Trinajstić information content (AvgIpc) is 2.98. The van der Waals surface area contributed by atoms with Gasteiger partial charge >= 0.3 is 23.9 Å². The molecule has 0 aliphatic rings. The lowest BCUT2D eigenvalue weighted by atomic mass is 10.1. The highest BCUT2D eigenvalue weighted by molar-refractivity contribution is 5.76. The molecule has 0 fully saturated rings. The molecule has 2 rings (SSSR count). The molecule has 236 valence electrons. The maximum atomic E-state index is 12.0. The van der Waals surface area contributed by atoms with Gasteiger partial charge in [0.25, 0.3) is 0 Å². The summed E-state index contributed by atoms with van der Waals surface area (Å²) in [6, 6.07) is 12.7. The van der Waals surface area contributed by atoms with Crippen molar-refractivity contribution in [1.82, 2.24) is 0 Å². The Balaban J connectivity index is 1.40. The van der Waals surface area contributed by atoms with E-state index in [0.717, 1.165) is 11.1 Å². The van der Waals surface area contributed by atoms with Gasteiger partial charge in [-0.25, -0.2) is 0 Å². The minimum Gasteiger partial charge on any atom is -0.465 e. The number of ether oxygens (including phenoxy) is 4. The molecular formula is C31H44N4O8. The number of nitrogens with two attached hydrogens (primary N) is 4. The summed E-state index contributed by atoms with van der Waals surface area (Å²) in [6.45, 7) is -0.0203. The van der Waals surface area contributed by atoms with Crippen molar-refractivity contribution in [3.63, 3.8) is 0 Å². The number of hydrogen-bond acceptors (Lipinski definition) is 12. The highest BCUT2D eigenvalue weighted by atomic mass is 16.7. The molecule has 12 nitrogen and oxygen atoms in total. The Morgan fingerprint density at radius 2 is 0.907 bits per heavy atom. The summed E-state index contributed by atoms with van der Waals surface area (Å²) in [7, 11) is 0. The van der Waals surface area contributed by atoms with Crippen LogP contribution in [0.4, 0.5) is 11.4 Å². The van der Waals surface area contributed by atoms with Gasteiger partial charge in [0.05, 0.1) is 13.2 Å². The molecular weight excluding hydrogens is 556 g/mol. The Kier molecular flexibility index (Phi) is 16.2. The fourth-order valence-corrected chi connectivity index (χ4v) is 3.94. The molecule has 0 spiro atoms. The van der Waals surface area contributed by atoms with E-state index in [4.69, 9.17) is 41.9 Å².